The Labute approximate surface area is 115 Å². The van der Waals surface area contributed by atoms with E-state index in [0.29, 0.717) is 6.04 Å². The van der Waals surface area contributed by atoms with Gasteiger partial charge in [0.05, 0.1) is 5.69 Å². The molecule has 0 atom stereocenters. The van der Waals surface area contributed by atoms with Crippen molar-refractivity contribution in [2.75, 3.05) is 18.5 Å². The van der Waals surface area contributed by atoms with Crippen molar-refractivity contribution < 1.29 is 0 Å². The fourth-order valence-corrected chi connectivity index (χ4v) is 3.11. The highest BCUT2D eigenvalue weighted by Gasteiger charge is 2.30. The molecule has 2 rings (SSSR count). The summed E-state index contributed by atoms with van der Waals surface area (Å²) in [6.45, 7) is 8.72. The van der Waals surface area contributed by atoms with Crippen LogP contribution in [-0.4, -0.2) is 24.6 Å². The van der Waals surface area contributed by atoms with Gasteiger partial charge in [0.2, 0.25) is 0 Å². The summed E-state index contributed by atoms with van der Waals surface area (Å²) in [5.74, 6) is 0.744. The molecule has 0 aliphatic heterocycles. The van der Waals surface area contributed by atoms with Gasteiger partial charge in [-0.3, -0.25) is 0 Å². The van der Waals surface area contributed by atoms with Gasteiger partial charge >= 0.3 is 0 Å². The van der Waals surface area contributed by atoms with Crippen LogP contribution in [0.4, 0.5) is 5.13 Å². The molecule has 0 bridgehead atoms. The zero-order chi connectivity index (χ0) is 13.1. The lowest BCUT2D eigenvalue weighted by Crippen LogP contribution is -2.25. The van der Waals surface area contributed by atoms with Gasteiger partial charge in [-0.25, -0.2) is 4.98 Å². The molecule has 1 N–H and O–H groups in total. The number of nitrogens with one attached hydrogen (secondary N) is 1. The molecule has 1 aromatic heterocycles. The second-order valence-electron chi connectivity index (χ2n) is 5.46. The number of thiazole rings is 1. The van der Waals surface area contributed by atoms with Gasteiger partial charge in [0.15, 0.2) is 5.13 Å². The van der Waals surface area contributed by atoms with Crippen LogP contribution in [0.15, 0.2) is 0 Å². The van der Waals surface area contributed by atoms with Crippen LogP contribution in [0, 0.1) is 0 Å². The summed E-state index contributed by atoms with van der Waals surface area (Å²) < 4.78 is 0. The SMILES string of the molecule is CCCNCc1sc(N(C)C(C)C)nc1C1CC1. The Balaban J connectivity index is 2.10. The largest absolute Gasteiger partial charge is 0.349 e. The van der Waals surface area contributed by atoms with Crippen LogP contribution in [0.1, 0.15) is 56.5 Å². The summed E-state index contributed by atoms with van der Waals surface area (Å²) in [5, 5.41) is 4.69. The molecule has 1 heterocycles. The molecule has 0 aromatic carbocycles. The van der Waals surface area contributed by atoms with Crippen molar-refractivity contribution in [1.29, 1.82) is 0 Å². The molecular formula is C14H25N3S. The predicted molar refractivity (Wildman–Crippen MR) is 79.6 cm³/mol. The highest BCUT2D eigenvalue weighted by molar-refractivity contribution is 7.15. The second kappa shape index (κ2) is 6.02. The summed E-state index contributed by atoms with van der Waals surface area (Å²) in [4.78, 5) is 8.61. The maximum absolute atomic E-state index is 4.88. The highest BCUT2D eigenvalue weighted by Crippen LogP contribution is 2.44. The normalized spacial score (nSPS) is 15.4. The first-order valence-electron chi connectivity index (χ1n) is 7.06. The van der Waals surface area contributed by atoms with Crippen molar-refractivity contribution >= 4 is 16.5 Å². The van der Waals surface area contributed by atoms with Crippen molar-refractivity contribution in [2.45, 2.75) is 58.5 Å². The van der Waals surface area contributed by atoms with Crippen molar-refractivity contribution in [3.8, 4) is 0 Å². The first-order chi connectivity index (χ1) is 8.63. The third-order valence-electron chi connectivity index (χ3n) is 3.47. The van der Waals surface area contributed by atoms with Gasteiger partial charge in [0.1, 0.15) is 0 Å². The van der Waals surface area contributed by atoms with Gasteiger partial charge in [0.25, 0.3) is 0 Å². The topological polar surface area (TPSA) is 28.2 Å². The first-order valence-corrected chi connectivity index (χ1v) is 7.88. The van der Waals surface area contributed by atoms with E-state index >= 15 is 0 Å². The monoisotopic (exact) mass is 267 g/mol. The molecule has 102 valence electrons. The quantitative estimate of drug-likeness (QED) is 0.768. The summed E-state index contributed by atoms with van der Waals surface area (Å²) >= 11 is 1.87. The van der Waals surface area contributed by atoms with Crippen molar-refractivity contribution in [3.05, 3.63) is 10.6 Å². The van der Waals surface area contributed by atoms with E-state index in [0.717, 1.165) is 19.0 Å². The standard InChI is InChI=1S/C14H25N3S/c1-5-8-15-9-12-13(11-6-7-11)16-14(18-12)17(4)10(2)3/h10-11,15H,5-9H2,1-4H3. The van der Waals surface area contributed by atoms with Gasteiger partial charge in [0, 0.05) is 30.4 Å². The van der Waals surface area contributed by atoms with Crippen LogP contribution in [0.5, 0.6) is 0 Å². The van der Waals surface area contributed by atoms with Crippen molar-refractivity contribution in [2.24, 2.45) is 0 Å². The molecule has 0 amide bonds. The van der Waals surface area contributed by atoms with Gasteiger partial charge in [-0.05, 0) is 39.7 Å². The fraction of sp³-hybridized carbons (Fsp3) is 0.786. The van der Waals surface area contributed by atoms with Gasteiger partial charge in [-0.1, -0.05) is 6.92 Å². The average Bonchev–Trinajstić information content (AvgIpc) is 3.10. The molecule has 1 aromatic rings. The maximum atomic E-state index is 4.88. The second-order valence-corrected chi connectivity index (χ2v) is 6.52. The number of hydrogen-bond acceptors (Lipinski definition) is 4. The Morgan fingerprint density at radius 3 is 2.72 bits per heavy atom. The average molecular weight is 267 g/mol. The number of aromatic nitrogens is 1. The Morgan fingerprint density at radius 1 is 1.44 bits per heavy atom. The van der Waals surface area contributed by atoms with Crippen LogP contribution in [0.3, 0.4) is 0 Å². The molecule has 4 heteroatoms. The first kappa shape index (κ1) is 13.8. The molecule has 1 saturated carbocycles. The van der Waals surface area contributed by atoms with E-state index in [4.69, 9.17) is 4.98 Å². The van der Waals surface area contributed by atoms with E-state index in [1.165, 1.54) is 35.0 Å². The Morgan fingerprint density at radius 2 is 2.17 bits per heavy atom. The number of nitrogens with zero attached hydrogens (tertiary/aromatic N) is 2. The van der Waals surface area contributed by atoms with E-state index in [1.54, 1.807) is 0 Å². The molecule has 0 radical (unpaired) electrons. The number of hydrogen-bond donors (Lipinski definition) is 1. The molecule has 0 spiro atoms. The fourth-order valence-electron chi connectivity index (χ4n) is 1.90. The van der Waals surface area contributed by atoms with Crippen LogP contribution < -0.4 is 10.2 Å². The molecule has 1 aliphatic rings. The minimum absolute atomic E-state index is 0.514. The van der Waals surface area contributed by atoms with Crippen molar-refractivity contribution in [1.82, 2.24) is 10.3 Å². The minimum atomic E-state index is 0.514. The zero-order valence-electron chi connectivity index (χ0n) is 12.0. The van der Waals surface area contributed by atoms with Gasteiger partial charge in [-0.15, -0.1) is 11.3 Å². The Kier molecular flexibility index (Phi) is 4.62. The summed E-state index contributed by atoms with van der Waals surface area (Å²) in [6.07, 6.45) is 3.85. The lowest BCUT2D eigenvalue weighted by molar-refractivity contribution is 0.676. The van der Waals surface area contributed by atoms with E-state index in [1.807, 2.05) is 11.3 Å². The van der Waals surface area contributed by atoms with Crippen LogP contribution in [0.2, 0.25) is 0 Å². The number of anilines is 1. The molecule has 18 heavy (non-hydrogen) atoms. The molecule has 1 aliphatic carbocycles. The minimum Gasteiger partial charge on any atom is -0.349 e. The summed E-state index contributed by atoms with van der Waals surface area (Å²) in [5.41, 5.74) is 1.37. The molecule has 0 saturated heterocycles. The van der Waals surface area contributed by atoms with Crippen LogP contribution >= 0.6 is 11.3 Å². The van der Waals surface area contributed by atoms with Gasteiger partial charge < -0.3 is 10.2 Å². The van der Waals surface area contributed by atoms with Crippen molar-refractivity contribution in [3.63, 3.8) is 0 Å². The van der Waals surface area contributed by atoms with Crippen LogP contribution in [0.25, 0.3) is 0 Å². The molecular weight excluding hydrogens is 242 g/mol. The van der Waals surface area contributed by atoms with Crippen LogP contribution in [-0.2, 0) is 6.54 Å². The summed E-state index contributed by atoms with van der Waals surface area (Å²) in [7, 11) is 2.14. The maximum Gasteiger partial charge on any atom is 0.185 e. The number of rotatable bonds is 7. The Bertz CT molecular complexity index is 382. The lowest BCUT2D eigenvalue weighted by atomic mass is 10.2. The molecule has 1 fully saturated rings. The molecule has 3 nitrogen and oxygen atoms in total. The third-order valence-corrected chi connectivity index (χ3v) is 4.63. The van der Waals surface area contributed by atoms with Gasteiger partial charge in [-0.2, -0.15) is 0 Å². The van der Waals surface area contributed by atoms with E-state index in [-0.39, 0.29) is 0 Å². The smallest absolute Gasteiger partial charge is 0.185 e. The van der Waals surface area contributed by atoms with E-state index in [2.05, 4.69) is 38.0 Å². The zero-order valence-corrected chi connectivity index (χ0v) is 12.8. The molecule has 0 unspecified atom stereocenters. The highest BCUT2D eigenvalue weighted by atomic mass is 32.1. The Hall–Kier alpha value is -0.610. The third kappa shape index (κ3) is 3.23. The predicted octanol–water partition coefficient (Wildman–Crippen LogP) is 3.36. The van der Waals surface area contributed by atoms with E-state index < -0.39 is 0 Å². The lowest BCUT2D eigenvalue weighted by Gasteiger charge is -2.19. The van der Waals surface area contributed by atoms with E-state index in [9.17, 15) is 0 Å². The summed E-state index contributed by atoms with van der Waals surface area (Å²) in [6, 6.07) is 0.514.